The van der Waals surface area contributed by atoms with Crippen molar-refractivity contribution in [3.05, 3.63) is 53.0 Å². The highest BCUT2D eigenvalue weighted by molar-refractivity contribution is 5.96. The lowest BCUT2D eigenvalue weighted by atomic mass is 10.0. The van der Waals surface area contributed by atoms with E-state index >= 15 is 0 Å². The highest BCUT2D eigenvalue weighted by Crippen LogP contribution is 2.30. The lowest BCUT2D eigenvalue weighted by Gasteiger charge is -2.18. The summed E-state index contributed by atoms with van der Waals surface area (Å²) in [5.41, 5.74) is 1.15. The topological polar surface area (TPSA) is 121 Å². The van der Waals surface area contributed by atoms with Gasteiger partial charge in [0.05, 0.1) is 31.5 Å². The van der Waals surface area contributed by atoms with Gasteiger partial charge in [-0.3, -0.25) is 14.2 Å². The fourth-order valence-corrected chi connectivity index (χ4v) is 3.59. The molecule has 0 spiro atoms. The smallest absolute Gasteiger partial charge is 0.254 e. The molecular weight excluding hydrogens is 400 g/mol. The molecule has 0 bridgehead atoms. The lowest BCUT2D eigenvalue weighted by molar-refractivity contribution is -0.117. The normalized spacial score (nSPS) is 15.5. The molecule has 31 heavy (non-hydrogen) atoms. The summed E-state index contributed by atoms with van der Waals surface area (Å²) in [7, 11) is 2.97. The van der Waals surface area contributed by atoms with Crippen LogP contribution < -0.4 is 20.3 Å². The number of pyridine rings is 1. The summed E-state index contributed by atoms with van der Waals surface area (Å²) in [4.78, 5) is 43.0. The molecule has 1 amide bonds. The van der Waals surface area contributed by atoms with E-state index in [0.717, 1.165) is 12.8 Å². The summed E-state index contributed by atoms with van der Waals surface area (Å²) >= 11 is 0. The van der Waals surface area contributed by atoms with Gasteiger partial charge >= 0.3 is 0 Å². The zero-order valence-electron chi connectivity index (χ0n) is 17.2. The van der Waals surface area contributed by atoms with Gasteiger partial charge in [0.15, 0.2) is 0 Å². The molecule has 10 nitrogen and oxygen atoms in total. The quantitative estimate of drug-likeness (QED) is 0.663. The van der Waals surface area contributed by atoms with Crippen molar-refractivity contribution in [3.63, 3.8) is 0 Å². The molecule has 4 rings (SSSR count). The number of amides is 1. The number of anilines is 1. The van der Waals surface area contributed by atoms with E-state index < -0.39 is 5.92 Å². The molecule has 1 N–H and O–H groups in total. The standard InChI is InChI=1S/C21H22N6O4/c1-30-17-7-6-15(21(26-17)31-2)25-20(29)13-5-3-4-10-27-18(28)11-16(24-19(13)27)14-8-9-22-12-23-14/h6-9,11-13H,3-5,10H2,1-2H3,(H,25,29). The fourth-order valence-electron chi connectivity index (χ4n) is 3.59. The van der Waals surface area contributed by atoms with Gasteiger partial charge in [-0.25, -0.2) is 15.0 Å². The van der Waals surface area contributed by atoms with Gasteiger partial charge in [-0.15, -0.1) is 0 Å². The summed E-state index contributed by atoms with van der Waals surface area (Å²) in [6, 6.07) is 6.42. The number of fused-ring (bicyclic) bond motifs is 1. The fraction of sp³-hybridized carbons (Fsp3) is 0.333. The van der Waals surface area contributed by atoms with Crippen molar-refractivity contribution in [1.82, 2.24) is 24.5 Å². The number of ether oxygens (including phenoxy) is 2. The van der Waals surface area contributed by atoms with Crippen LogP contribution in [0.3, 0.4) is 0 Å². The van der Waals surface area contributed by atoms with Gasteiger partial charge in [-0.2, -0.15) is 4.98 Å². The second-order valence-electron chi connectivity index (χ2n) is 7.03. The minimum atomic E-state index is -0.608. The number of nitrogens with one attached hydrogen (secondary N) is 1. The summed E-state index contributed by atoms with van der Waals surface area (Å²) in [5, 5.41) is 2.87. The Kier molecular flexibility index (Phi) is 5.87. The number of methoxy groups -OCH3 is 2. The van der Waals surface area contributed by atoms with Crippen LogP contribution in [-0.4, -0.2) is 44.6 Å². The van der Waals surface area contributed by atoms with E-state index in [-0.39, 0.29) is 17.3 Å². The highest BCUT2D eigenvalue weighted by atomic mass is 16.5. The molecule has 4 heterocycles. The van der Waals surface area contributed by atoms with Crippen LogP contribution in [0.15, 0.2) is 41.6 Å². The van der Waals surface area contributed by atoms with E-state index in [2.05, 4.69) is 25.3 Å². The molecule has 1 aliphatic heterocycles. The summed E-state index contributed by atoms with van der Waals surface area (Å²) in [5.74, 6) is 0.145. The van der Waals surface area contributed by atoms with Gasteiger partial charge in [0, 0.05) is 24.9 Å². The Balaban J connectivity index is 1.71. The molecule has 3 aromatic heterocycles. The van der Waals surface area contributed by atoms with Crippen LogP contribution in [0.4, 0.5) is 5.69 Å². The molecule has 10 heteroatoms. The third-order valence-corrected chi connectivity index (χ3v) is 5.13. The van der Waals surface area contributed by atoms with Crippen LogP contribution in [0.5, 0.6) is 11.8 Å². The van der Waals surface area contributed by atoms with Gasteiger partial charge in [-0.1, -0.05) is 6.42 Å². The number of rotatable bonds is 5. The minimum absolute atomic E-state index is 0.206. The molecule has 0 radical (unpaired) electrons. The highest BCUT2D eigenvalue weighted by Gasteiger charge is 2.29. The summed E-state index contributed by atoms with van der Waals surface area (Å²) < 4.78 is 12.0. The zero-order chi connectivity index (χ0) is 21.8. The Labute approximate surface area is 178 Å². The van der Waals surface area contributed by atoms with Gasteiger partial charge < -0.3 is 14.8 Å². The molecule has 0 fully saturated rings. The van der Waals surface area contributed by atoms with Crippen molar-refractivity contribution in [2.24, 2.45) is 0 Å². The van der Waals surface area contributed by atoms with Gasteiger partial charge in [0.2, 0.25) is 17.7 Å². The molecular formula is C21H22N6O4. The molecule has 1 unspecified atom stereocenters. The molecule has 3 aromatic rings. The van der Waals surface area contributed by atoms with Gasteiger partial charge in [0.25, 0.3) is 5.56 Å². The number of hydrogen-bond acceptors (Lipinski definition) is 8. The van der Waals surface area contributed by atoms with E-state index in [9.17, 15) is 9.59 Å². The number of aromatic nitrogens is 5. The van der Waals surface area contributed by atoms with Crippen molar-refractivity contribution >= 4 is 11.6 Å². The minimum Gasteiger partial charge on any atom is -0.481 e. The maximum atomic E-state index is 13.3. The molecule has 0 saturated carbocycles. The van der Waals surface area contributed by atoms with E-state index in [1.54, 1.807) is 29.0 Å². The molecule has 0 aromatic carbocycles. The SMILES string of the molecule is COc1ccc(NC(=O)C2CCCCn3c2nc(-c2ccncn2)cc3=O)c(OC)n1. The van der Waals surface area contributed by atoms with Gasteiger partial charge in [0.1, 0.15) is 17.8 Å². The largest absolute Gasteiger partial charge is 0.481 e. The van der Waals surface area contributed by atoms with Crippen molar-refractivity contribution in [2.45, 2.75) is 31.7 Å². The number of hydrogen-bond donors (Lipinski definition) is 1. The van der Waals surface area contributed by atoms with Crippen LogP contribution in [0.2, 0.25) is 0 Å². The number of carbonyl (C=O) groups excluding carboxylic acids is 1. The molecule has 160 valence electrons. The van der Waals surface area contributed by atoms with Gasteiger partial charge in [-0.05, 0) is 25.0 Å². The van der Waals surface area contributed by atoms with E-state index in [0.29, 0.717) is 41.7 Å². The molecule has 0 saturated heterocycles. The summed E-state index contributed by atoms with van der Waals surface area (Å²) in [6.45, 7) is 0.516. The number of carbonyl (C=O) groups is 1. The Morgan fingerprint density at radius 2 is 2.00 bits per heavy atom. The first-order chi connectivity index (χ1) is 15.1. The van der Waals surface area contributed by atoms with Crippen molar-refractivity contribution in [1.29, 1.82) is 0 Å². The second kappa shape index (κ2) is 8.90. The Hall–Kier alpha value is -3.82. The van der Waals surface area contributed by atoms with Crippen LogP contribution in [0.1, 0.15) is 31.0 Å². The monoisotopic (exact) mass is 422 g/mol. The molecule has 1 atom stereocenters. The Bertz CT molecular complexity index is 1150. The maximum Gasteiger partial charge on any atom is 0.254 e. The van der Waals surface area contributed by atoms with Crippen molar-refractivity contribution in [2.75, 3.05) is 19.5 Å². The predicted octanol–water partition coefficient (Wildman–Crippen LogP) is 2.02. The zero-order valence-corrected chi connectivity index (χ0v) is 17.2. The second-order valence-corrected chi connectivity index (χ2v) is 7.03. The lowest BCUT2D eigenvalue weighted by Crippen LogP contribution is -2.30. The Morgan fingerprint density at radius 3 is 2.74 bits per heavy atom. The van der Waals surface area contributed by atoms with Crippen LogP contribution in [-0.2, 0) is 11.3 Å². The third kappa shape index (κ3) is 4.23. The van der Waals surface area contributed by atoms with Crippen LogP contribution >= 0.6 is 0 Å². The van der Waals surface area contributed by atoms with Crippen LogP contribution in [0.25, 0.3) is 11.4 Å². The maximum absolute atomic E-state index is 13.3. The molecule has 1 aliphatic rings. The number of nitrogens with zero attached hydrogens (tertiary/aromatic N) is 5. The van der Waals surface area contributed by atoms with E-state index in [1.165, 1.54) is 26.6 Å². The third-order valence-electron chi connectivity index (χ3n) is 5.13. The van der Waals surface area contributed by atoms with Crippen molar-refractivity contribution < 1.29 is 14.3 Å². The first kappa shape index (κ1) is 20.5. The molecule has 0 aliphatic carbocycles. The Morgan fingerprint density at radius 1 is 1.13 bits per heavy atom. The van der Waals surface area contributed by atoms with E-state index in [4.69, 9.17) is 9.47 Å². The summed E-state index contributed by atoms with van der Waals surface area (Å²) in [6.07, 6.45) is 5.13. The van der Waals surface area contributed by atoms with E-state index in [1.807, 2.05) is 0 Å². The first-order valence-electron chi connectivity index (χ1n) is 9.88. The first-order valence-corrected chi connectivity index (χ1v) is 9.88. The van der Waals surface area contributed by atoms with Crippen molar-refractivity contribution in [3.8, 4) is 23.1 Å². The van der Waals surface area contributed by atoms with Crippen LogP contribution in [0, 0.1) is 0 Å². The average Bonchev–Trinajstić information content (AvgIpc) is 3.03. The average molecular weight is 422 g/mol. The predicted molar refractivity (Wildman–Crippen MR) is 112 cm³/mol.